The molecule has 0 bridgehead atoms. The number of hydrogen-bond donors (Lipinski definition) is 2. The van der Waals surface area contributed by atoms with Gasteiger partial charge in [0, 0.05) is 12.0 Å². The number of carbonyl (C=O) groups is 2. The number of aryl methyl sites for hydroxylation is 1. The fourth-order valence-electron chi connectivity index (χ4n) is 2.34. The highest BCUT2D eigenvalue weighted by Gasteiger charge is 2.29. The molecule has 1 unspecified atom stereocenters. The molecule has 2 N–H and O–H groups in total. The van der Waals surface area contributed by atoms with Crippen LogP contribution in [0.25, 0.3) is 0 Å². The third-order valence-corrected chi connectivity index (χ3v) is 4.27. The minimum Gasteiger partial charge on any atom is -0.481 e. The molecule has 2 amide bonds. The van der Waals surface area contributed by atoms with Crippen LogP contribution < -0.4 is 15.6 Å². The number of amides is 2. The van der Waals surface area contributed by atoms with E-state index in [2.05, 4.69) is 16.0 Å². The third kappa shape index (κ3) is 3.99. The lowest BCUT2D eigenvalue weighted by Crippen LogP contribution is -2.47. The second kappa shape index (κ2) is 6.96. The van der Waals surface area contributed by atoms with E-state index in [1.807, 2.05) is 26.0 Å². The first-order valence-corrected chi connectivity index (χ1v) is 8.25. The highest BCUT2D eigenvalue weighted by atomic mass is 16.5. The Balaban J connectivity index is 1.52. The van der Waals surface area contributed by atoms with E-state index >= 15 is 0 Å². The summed E-state index contributed by atoms with van der Waals surface area (Å²) in [5, 5.41) is 3.72. The zero-order chi connectivity index (χ0) is 18.0. The molecule has 132 valence electrons. The van der Waals surface area contributed by atoms with Crippen LogP contribution in [0.5, 0.6) is 5.75 Å². The van der Waals surface area contributed by atoms with Crippen molar-refractivity contribution in [3.63, 3.8) is 0 Å². The van der Waals surface area contributed by atoms with Crippen LogP contribution in [0.3, 0.4) is 0 Å². The fraction of sp³-hybridized carbons (Fsp3) is 0.389. The normalized spacial score (nSPS) is 14.7. The van der Waals surface area contributed by atoms with Gasteiger partial charge in [-0.2, -0.15) is 0 Å². The van der Waals surface area contributed by atoms with Gasteiger partial charge >= 0.3 is 0 Å². The molecule has 25 heavy (non-hydrogen) atoms. The Morgan fingerprint density at radius 2 is 2.04 bits per heavy atom. The Labute approximate surface area is 145 Å². The van der Waals surface area contributed by atoms with Gasteiger partial charge in [0.15, 0.2) is 11.8 Å². The summed E-state index contributed by atoms with van der Waals surface area (Å²) in [7, 11) is 0. The average molecular weight is 343 g/mol. The number of ether oxygens (including phenoxy) is 1. The Hall–Kier alpha value is -2.83. The summed E-state index contributed by atoms with van der Waals surface area (Å²) in [6.45, 7) is 5.52. The number of nitrogens with zero attached hydrogens (tertiary/aromatic N) is 1. The summed E-state index contributed by atoms with van der Waals surface area (Å²) in [4.78, 5) is 24.1. The van der Waals surface area contributed by atoms with Gasteiger partial charge in [-0.05, 0) is 50.8 Å². The van der Waals surface area contributed by atoms with Crippen molar-refractivity contribution in [2.24, 2.45) is 0 Å². The molecule has 1 heterocycles. The van der Waals surface area contributed by atoms with Crippen molar-refractivity contribution in [3.05, 3.63) is 46.8 Å². The number of nitrogens with one attached hydrogen (secondary N) is 2. The number of rotatable bonds is 5. The molecule has 1 saturated carbocycles. The molecule has 1 aliphatic carbocycles. The zero-order valence-corrected chi connectivity index (χ0v) is 14.5. The van der Waals surface area contributed by atoms with Gasteiger partial charge in [-0.1, -0.05) is 17.3 Å². The van der Waals surface area contributed by atoms with Gasteiger partial charge in [-0.25, -0.2) is 0 Å². The van der Waals surface area contributed by atoms with Crippen molar-refractivity contribution < 1.29 is 18.8 Å². The zero-order valence-electron chi connectivity index (χ0n) is 14.5. The van der Waals surface area contributed by atoms with E-state index in [0.29, 0.717) is 17.4 Å². The SMILES string of the molecule is Cc1cccc(OC(C)C(=O)NNC(=O)c2cc(C3CC3)on2)c1C. The maximum Gasteiger partial charge on any atom is 0.291 e. The molecule has 0 radical (unpaired) electrons. The molecule has 1 atom stereocenters. The Kier molecular flexibility index (Phi) is 4.74. The maximum absolute atomic E-state index is 12.1. The molecule has 7 heteroatoms. The minimum atomic E-state index is -0.764. The third-order valence-electron chi connectivity index (χ3n) is 4.27. The van der Waals surface area contributed by atoms with Gasteiger partial charge in [0.25, 0.3) is 11.8 Å². The highest BCUT2D eigenvalue weighted by molar-refractivity contribution is 5.94. The summed E-state index contributed by atoms with van der Waals surface area (Å²) < 4.78 is 10.8. The summed E-state index contributed by atoms with van der Waals surface area (Å²) in [5.74, 6) is 0.736. The molecule has 0 spiro atoms. The minimum absolute atomic E-state index is 0.144. The molecule has 1 aliphatic rings. The number of hydrogen-bond acceptors (Lipinski definition) is 5. The van der Waals surface area contributed by atoms with Gasteiger partial charge in [0.1, 0.15) is 11.5 Å². The Bertz CT molecular complexity index is 795. The number of benzene rings is 1. The van der Waals surface area contributed by atoms with Gasteiger partial charge in [0.05, 0.1) is 0 Å². The van der Waals surface area contributed by atoms with Crippen LogP contribution in [0.15, 0.2) is 28.8 Å². The largest absolute Gasteiger partial charge is 0.481 e. The number of carbonyl (C=O) groups excluding carboxylic acids is 2. The van der Waals surface area contributed by atoms with E-state index < -0.39 is 17.9 Å². The summed E-state index contributed by atoms with van der Waals surface area (Å²) in [5.41, 5.74) is 6.86. The number of hydrazine groups is 1. The average Bonchev–Trinajstić information content (AvgIpc) is 3.33. The molecular formula is C18H21N3O4. The molecule has 3 rings (SSSR count). The van der Waals surface area contributed by atoms with Crippen molar-refractivity contribution in [3.8, 4) is 5.75 Å². The first-order valence-electron chi connectivity index (χ1n) is 8.25. The number of aromatic nitrogens is 1. The van der Waals surface area contributed by atoms with Crippen LogP contribution in [0, 0.1) is 13.8 Å². The second-order valence-electron chi connectivity index (χ2n) is 6.29. The standard InChI is InChI=1S/C18H21N3O4/c1-10-5-4-6-15(11(10)2)24-12(3)17(22)19-20-18(23)14-9-16(25-21-14)13-7-8-13/h4-6,9,12-13H,7-8H2,1-3H3,(H,19,22)(H,20,23). The predicted octanol–water partition coefficient (Wildman–Crippen LogP) is 2.40. The smallest absolute Gasteiger partial charge is 0.291 e. The van der Waals surface area contributed by atoms with Gasteiger partial charge in [0.2, 0.25) is 0 Å². The van der Waals surface area contributed by atoms with Gasteiger partial charge in [-0.15, -0.1) is 0 Å². The van der Waals surface area contributed by atoms with Crippen LogP contribution in [0.1, 0.15) is 53.1 Å². The van der Waals surface area contributed by atoms with E-state index in [0.717, 1.165) is 24.0 Å². The molecule has 0 saturated heterocycles. The molecular weight excluding hydrogens is 322 g/mol. The Morgan fingerprint density at radius 1 is 1.28 bits per heavy atom. The van der Waals surface area contributed by atoms with Crippen LogP contribution in [0.2, 0.25) is 0 Å². The van der Waals surface area contributed by atoms with Gasteiger partial charge < -0.3 is 9.26 Å². The highest BCUT2D eigenvalue weighted by Crippen LogP contribution is 2.40. The van der Waals surface area contributed by atoms with E-state index in [1.54, 1.807) is 19.1 Å². The maximum atomic E-state index is 12.1. The van der Waals surface area contributed by atoms with Gasteiger partial charge in [-0.3, -0.25) is 20.4 Å². The molecule has 0 aliphatic heterocycles. The van der Waals surface area contributed by atoms with Crippen molar-refractivity contribution in [2.45, 2.75) is 45.6 Å². The lowest BCUT2D eigenvalue weighted by Gasteiger charge is -2.17. The van der Waals surface area contributed by atoms with Crippen LogP contribution in [0.4, 0.5) is 0 Å². The summed E-state index contributed by atoms with van der Waals surface area (Å²) >= 11 is 0. The molecule has 7 nitrogen and oxygen atoms in total. The lowest BCUT2D eigenvalue weighted by atomic mass is 10.1. The van der Waals surface area contributed by atoms with Crippen LogP contribution in [-0.2, 0) is 4.79 Å². The van der Waals surface area contributed by atoms with Crippen molar-refractivity contribution in [1.29, 1.82) is 0 Å². The molecule has 2 aromatic rings. The fourth-order valence-corrected chi connectivity index (χ4v) is 2.34. The Morgan fingerprint density at radius 3 is 2.76 bits per heavy atom. The summed E-state index contributed by atoms with van der Waals surface area (Å²) in [6.07, 6.45) is 1.35. The first kappa shape index (κ1) is 17.0. The molecule has 1 fully saturated rings. The monoisotopic (exact) mass is 343 g/mol. The van der Waals surface area contributed by atoms with Crippen molar-refractivity contribution in [2.75, 3.05) is 0 Å². The van der Waals surface area contributed by atoms with Crippen LogP contribution in [-0.4, -0.2) is 23.1 Å². The van der Waals surface area contributed by atoms with E-state index in [9.17, 15) is 9.59 Å². The molecule has 1 aromatic heterocycles. The van der Waals surface area contributed by atoms with Crippen molar-refractivity contribution in [1.82, 2.24) is 16.0 Å². The van der Waals surface area contributed by atoms with Crippen LogP contribution >= 0.6 is 0 Å². The molecule has 1 aromatic carbocycles. The quantitative estimate of drug-likeness (QED) is 0.813. The second-order valence-corrected chi connectivity index (χ2v) is 6.29. The van der Waals surface area contributed by atoms with E-state index in [-0.39, 0.29) is 5.69 Å². The van der Waals surface area contributed by atoms with E-state index in [1.165, 1.54) is 0 Å². The van der Waals surface area contributed by atoms with E-state index in [4.69, 9.17) is 9.26 Å². The topological polar surface area (TPSA) is 93.5 Å². The summed E-state index contributed by atoms with van der Waals surface area (Å²) in [6, 6.07) is 7.25. The predicted molar refractivity (Wildman–Crippen MR) is 90.1 cm³/mol. The van der Waals surface area contributed by atoms with Crippen molar-refractivity contribution >= 4 is 11.8 Å². The lowest BCUT2D eigenvalue weighted by molar-refractivity contribution is -0.128. The first-order chi connectivity index (χ1) is 12.0.